The van der Waals surface area contributed by atoms with Gasteiger partial charge in [0, 0.05) is 6.54 Å². The predicted octanol–water partition coefficient (Wildman–Crippen LogP) is 1.62. The third-order valence-corrected chi connectivity index (χ3v) is 2.07. The first-order valence-corrected chi connectivity index (χ1v) is 4.82. The van der Waals surface area contributed by atoms with Crippen molar-refractivity contribution in [2.45, 2.75) is 12.8 Å². The maximum Gasteiger partial charge on any atom is 0.315 e. The number of methoxy groups -OCH3 is 1. The number of carbonyl (C=O) groups is 1. The highest BCUT2D eigenvalue weighted by Crippen LogP contribution is 2.11. The van der Waals surface area contributed by atoms with Crippen LogP contribution in [0.3, 0.4) is 0 Å². The van der Waals surface area contributed by atoms with Gasteiger partial charge in [-0.3, -0.25) is 4.79 Å². The van der Waals surface area contributed by atoms with Crippen molar-refractivity contribution in [2.24, 2.45) is 0 Å². The Morgan fingerprint density at radius 3 is 2.50 bits per heavy atom. The van der Waals surface area contributed by atoms with Crippen LogP contribution in [0.15, 0.2) is 24.3 Å². The van der Waals surface area contributed by atoms with Gasteiger partial charge in [-0.25, -0.2) is 0 Å². The van der Waals surface area contributed by atoms with Gasteiger partial charge in [0.15, 0.2) is 0 Å². The summed E-state index contributed by atoms with van der Waals surface area (Å²) in [6, 6.07) is 7.22. The molecule has 0 radical (unpaired) electrons. The molecule has 16 heavy (non-hydrogen) atoms. The molecule has 1 aromatic carbocycles. The summed E-state index contributed by atoms with van der Waals surface area (Å²) in [5, 5.41) is 2.14. The second-order valence-electron chi connectivity index (χ2n) is 3.19. The Labute approximate surface area is 92.4 Å². The van der Waals surface area contributed by atoms with Gasteiger partial charge >= 0.3 is 6.43 Å². The topological polar surface area (TPSA) is 38.3 Å². The summed E-state index contributed by atoms with van der Waals surface area (Å²) >= 11 is 0. The van der Waals surface area contributed by atoms with E-state index in [1.807, 2.05) is 12.1 Å². The molecule has 0 unspecified atom stereocenters. The molecule has 0 spiro atoms. The SMILES string of the molecule is COc1ccc(CCNC(=O)C(F)F)cc1. The van der Waals surface area contributed by atoms with Gasteiger partial charge in [-0.15, -0.1) is 0 Å². The fourth-order valence-electron chi connectivity index (χ4n) is 1.20. The number of rotatable bonds is 5. The first kappa shape index (κ1) is 12.4. The summed E-state index contributed by atoms with van der Waals surface area (Å²) in [4.78, 5) is 10.6. The molecule has 0 aliphatic rings. The number of hydrogen-bond acceptors (Lipinski definition) is 2. The molecule has 5 heteroatoms. The Balaban J connectivity index is 2.34. The van der Waals surface area contributed by atoms with Crippen molar-refractivity contribution in [3.8, 4) is 5.75 Å². The fraction of sp³-hybridized carbons (Fsp3) is 0.364. The van der Waals surface area contributed by atoms with E-state index in [9.17, 15) is 13.6 Å². The summed E-state index contributed by atoms with van der Waals surface area (Å²) in [7, 11) is 1.57. The average molecular weight is 229 g/mol. The molecule has 0 atom stereocenters. The van der Waals surface area contributed by atoms with Gasteiger partial charge < -0.3 is 10.1 Å². The van der Waals surface area contributed by atoms with E-state index in [0.29, 0.717) is 6.42 Å². The summed E-state index contributed by atoms with van der Waals surface area (Å²) in [6.45, 7) is 0.204. The number of carbonyl (C=O) groups excluding carboxylic acids is 1. The molecule has 1 N–H and O–H groups in total. The molecule has 1 rings (SSSR count). The van der Waals surface area contributed by atoms with Crippen LogP contribution in [-0.4, -0.2) is 26.0 Å². The summed E-state index contributed by atoms with van der Waals surface area (Å²) in [6.07, 6.45) is -2.43. The molecule has 0 saturated heterocycles. The number of halogens is 2. The molecule has 0 heterocycles. The summed E-state index contributed by atoms with van der Waals surface area (Å²) < 4.78 is 28.6. The van der Waals surface area contributed by atoms with E-state index in [0.717, 1.165) is 11.3 Å². The lowest BCUT2D eigenvalue weighted by Gasteiger charge is -2.05. The predicted molar refractivity (Wildman–Crippen MR) is 55.7 cm³/mol. The van der Waals surface area contributed by atoms with Crippen molar-refractivity contribution in [1.29, 1.82) is 0 Å². The van der Waals surface area contributed by atoms with Gasteiger partial charge in [-0.2, -0.15) is 8.78 Å². The largest absolute Gasteiger partial charge is 0.497 e. The van der Waals surface area contributed by atoms with Gasteiger partial charge in [0.2, 0.25) is 0 Å². The molecule has 1 aromatic rings. The van der Waals surface area contributed by atoms with Gasteiger partial charge in [0.05, 0.1) is 7.11 Å². The van der Waals surface area contributed by atoms with Gasteiger partial charge in [-0.1, -0.05) is 12.1 Å². The van der Waals surface area contributed by atoms with Crippen molar-refractivity contribution >= 4 is 5.91 Å². The standard InChI is InChI=1S/C11H13F2NO2/c1-16-9-4-2-8(3-5-9)6-7-14-11(15)10(12)13/h2-5,10H,6-7H2,1H3,(H,14,15). The quantitative estimate of drug-likeness (QED) is 0.833. The fourth-order valence-corrected chi connectivity index (χ4v) is 1.20. The molecule has 88 valence electrons. The first-order valence-electron chi connectivity index (χ1n) is 4.82. The number of nitrogens with one attached hydrogen (secondary N) is 1. The molecule has 0 aromatic heterocycles. The van der Waals surface area contributed by atoms with Crippen molar-refractivity contribution in [3.63, 3.8) is 0 Å². The Bertz CT molecular complexity index is 338. The lowest BCUT2D eigenvalue weighted by molar-refractivity contribution is -0.131. The van der Waals surface area contributed by atoms with Crippen molar-refractivity contribution < 1.29 is 18.3 Å². The minimum absolute atomic E-state index is 0.204. The lowest BCUT2D eigenvalue weighted by atomic mass is 10.1. The number of alkyl halides is 2. The number of ether oxygens (including phenoxy) is 1. The van der Waals surface area contributed by atoms with Gasteiger partial charge in [-0.05, 0) is 24.1 Å². The van der Waals surface area contributed by atoms with Crippen molar-refractivity contribution in [3.05, 3.63) is 29.8 Å². The molecule has 0 fully saturated rings. The van der Waals surface area contributed by atoms with Crippen LogP contribution in [0.25, 0.3) is 0 Å². The van der Waals surface area contributed by atoms with Crippen molar-refractivity contribution in [1.82, 2.24) is 5.32 Å². The third kappa shape index (κ3) is 3.84. The molecule has 0 bridgehead atoms. The second-order valence-corrected chi connectivity index (χ2v) is 3.19. The van der Waals surface area contributed by atoms with Crippen LogP contribution < -0.4 is 10.1 Å². The van der Waals surface area contributed by atoms with E-state index in [4.69, 9.17) is 4.74 Å². The maximum atomic E-state index is 11.8. The van der Waals surface area contributed by atoms with Crippen LogP contribution in [0.1, 0.15) is 5.56 Å². The van der Waals surface area contributed by atoms with E-state index >= 15 is 0 Å². The number of hydrogen-bond donors (Lipinski definition) is 1. The smallest absolute Gasteiger partial charge is 0.315 e. The van der Waals surface area contributed by atoms with E-state index in [1.54, 1.807) is 19.2 Å². The summed E-state index contributed by atoms with van der Waals surface area (Å²) in [5.41, 5.74) is 0.954. The Hall–Kier alpha value is -1.65. The van der Waals surface area contributed by atoms with E-state index in [1.165, 1.54) is 0 Å². The van der Waals surface area contributed by atoms with Crippen LogP contribution in [-0.2, 0) is 11.2 Å². The van der Waals surface area contributed by atoms with Crippen LogP contribution in [0.5, 0.6) is 5.75 Å². The second kappa shape index (κ2) is 6.05. The molecule has 3 nitrogen and oxygen atoms in total. The van der Waals surface area contributed by atoms with Crippen LogP contribution in [0, 0.1) is 0 Å². The van der Waals surface area contributed by atoms with Gasteiger partial charge in [0.1, 0.15) is 5.75 Å². The minimum atomic E-state index is -2.95. The minimum Gasteiger partial charge on any atom is -0.497 e. The average Bonchev–Trinajstić information content (AvgIpc) is 2.29. The van der Waals surface area contributed by atoms with E-state index < -0.39 is 12.3 Å². The van der Waals surface area contributed by atoms with Crippen molar-refractivity contribution in [2.75, 3.05) is 13.7 Å². The molecule has 1 amide bonds. The first-order chi connectivity index (χ1) is 7.63. The molecular weight excluding hydrogens is 216 g/mol. The van der Waals surface area contributed by atoms with Crippen LogP contribution in [0.2, 0.25) is 0 Å². The van der Waals surface area contributed by atoms with Crippen LogP contribution >= 0.6 is 0 Å². The molecular formula is C11H13F2NO2. The lowest BCUT2D eigenvalue weighted by Crippen LogP contribution is -2.31. The monoisotopic (exact) mass is 229 g/mol. The third-order valence-electron chi connectivity index (χ3n) is 2.07. The Morgan fingerprint density at radius 1 is 1.38 bits per heavy atom. The van der Waals surface area contributed by atoms with Crippen LogP contribution in [0.4, 0.5) is 8.78 Å². The zero-order valence-electron chi connectivity index (χ0n) is 8.87. The highest BCUT2D eigenvalue weighted by Gasteiger charge is 2.13. The number of benzene rings is 1. The van der Waals surface area contributed by atoms with Gasteiger partial charge in [0.25, 0.3) is 5.91 Å². The number of amides is 1. The summed E-state index contributed by atoms with van der Waals surface area (Å²) in [5.74, 6) is -0.492. The zero-order valence-corrected chi connectivity index (χ0v) is 8.87. The molecule has 0 aliphatic carbocycles. The van der Waals surface area contributed by atoms with E-state index in [2.05, 4.69) is 5.32 Å². The molecule has 0 saturated carbocycles. The van der Waals surface area contributed by atoms with E-state index in [-0.39, 0.29) is 6.54 Å². The Morgan fingerprint density at radius 2 is 2.00 bits per heavy atom. The molecule has 0 aliphatic heterocycles. The highest BCUT2D eigenvalue weighted by atomic mass is 19.3. The zero-order chi connectivity index (χ0) is 12.0. The highest BCUT2D eigenvalue weighted by molar-refractivity contribution is 5.79. The normalized spacial score (nSPS) is 10.2. The maximum absolute atomic E-state index is 11.8. The Kier molecular flexibility index (Phi) is 4.69.